The van der Waals surface area contributed by atoms with E-state index in [1.807, 2.05) is 68.4 Å². The summed E-state index contributed by atoms with van der Waals surface area (Å²) in [5, 5.41) is 11.7. The van der Waals surface area contributed by atoms with Gasteiger partial charge in [-0.15, -0.1) is 0 Å². The molecule has 0 spiro atoms. The molecule has 0 radical (unpaired) electrons. The molecule has 2 N–H and O–H groups in total. The molecule has 48 heavy (non-hydrogen) atoms. The maximum Gasteiger partial charge on any atom is 0.350 e. The van der Waals surface area contributed by atoms with Gasteiger partial charge < -0.3 is 29.7 Å². The molecule has 7 rings (SSSR count). The van der Waals surface area contributed by atoms with E-state index in [0.29, 0.717) is 13.2 Å². The molecule has 0 saturated carbocycles. The first-order chi connectivity index (χ1) is 23.4. The van der Waals surface area contributed by atoms with Gasteiger partial charge in [-0.1, -0.05) is 30.3 Å². The fourth-order valence-corrected chi connectivity index (χ4v) is 5.59. The van der Waals surface area contributed by atoms with Crippen molar-refractivity contribution < 1.29 is 14.2 Å². The van der Waals surface area contributed by atoms with Crippen molar-refractivity contribution >= 4 is 11.4 Å². The Morgan fingerprint density at radius 3 is 1.98 bits per heavy atom. The number of hydrogen-bond acceptors (Lipinski definition) is 10. The Hall–Kier alpha value is -4.98. The van der Waals surface area contributed by atoms with Crippen LogP contribution in [0.2, 0.25) is 0 Å². The van der Waals surface area contributed by atoms with Gasteiger partial charge in [0.2, 0.25) is 0 Å². The number of hydrogen-bond donors (Lipinski definition) is 1. The van der Waals surface area contributed by atoms with Gasteiger partial charge in [-0.25, -0.2) is 14.0 Å². The van der Waals surface area contributed by atoms with Crippen LogP contribution in [-0.4, -0.2) is 80.9 Å². The molecule has 4 atom stereocenters. The number of rotatable bonds is 9. The Bertz CT molecular complexity index is 1750. The van der Waals surface area contributed by atoms with Crippen LogP contribution in [-0.2, 0) is 16.5 Å². The lowest BCUT2D eigenvalue weighted by Crippen LogP contribution is -2.46. The van der Waals surface area contributed by atoms with E-state index in [1.54, 1.807) is 30.3 Å². The van der Waals surface area contributed by atoms with Crippen LogP contribution in [0.15, 0.2) is 102 Å². The molecule has 2 fully saturated rings. The maximum absolute atomic E-state index is 12.8. The van der Waals surface area contributed by atoms with Crippen LogP contribution in [0, 0.1) is 0 Å². The number of aryl methyl sites for hydroxylation is 1. The third-order valence-corrected chi connectivity index (χ3v) is 8.61. The lowest BCUT2D eigenvalue weighted by molar-refractivity contribution is -0.0659. The Morgan fingerprint density at radius 1 is 0.833 bits per heavy atom. The number of ether oxygens (including phenoxy) is 3. The molecule has 5 aromatic rings. The third-order valence-electron chi connectivity index (χ3n) is 8.61. The Labute approximate surface area is 280 Å². The minimum Gasteiger partial charge on any atom is -0.491 e. The summed E-state index contributed by atoms with van der Waals surface area (Å²) >= 11 is 0. The van der Waals surface area contributed by atoms with Crippen molar-refractivity contribution in [2.45, 2.75) is 38.3 Å². The highest BCUT2D eigenvalue weighted by Gasteiger charge is 2.28. The van der Waals surface area contributed by atoms with Crippen LogP contribution >= 0.6 is 0 Å². The zero-order valence-corrected chi connectivity index (χ0v) is 27.6. The van der Waals surface area contributed by atoms with E-state index in [2.05, 4.69) is 49.4 Å². The second-order valence-corrected chi connectivity index (χ2v) is 12.0. The van der Waals surface area contributed by atoms with Crippen LogP contribution in [0.1, 0.15) is 31.7 Å². The van der Waals surface area contributed by atoms with E-state index in [4.69, 9.17) is 19.9 Å². The van der Waals surface area contributed by atoms with E-state index in [0.717, 1.165) is 48.9 Å². The Kier molecular flexibility index (Phi) is 10.5. The summed E-state index contributed by atoms with van der Waals surface area (Å²) in [5.41, 5.74) is 9.91. The van der Waals surface area contributed by atoms with Gasteiger partial charge in [0.15, 0.2) is 6.29 Å². The number of anilines is 2. The Balaban J connectivity index is 0.000000604. The van der Waals surface area contributed by atoms with Crippen molar-refractivity contribution in [2.24, 2.45) is 12.8 Å². The van der Waals surface area contributed by atoms with Crippen LogP contribution in [0.3, 0.4) is 0 Å². The zero-order valence-electron chi connectivity index (χ0n) is 27.6. The summed E-state index contributed by atoms with van der Waals surface area (Å²) < 4.78 is 20.8. The normalized spacial score (nSPS) is 19.0. The zero-order chi connectivity index (χ0) is 33.5. The van der Waals surface area contributed by atoms with E-state index >= 15 is 0 Å². The summed E-state index contributed by atoms with van der Waals surface area (Å²) in [6.45, 7) is 8.38. The molecule has 4 heterocycles. The second-order valence-electron chi connectivity index (χ2n) is 12.0. The van der Waals surface area contributed by atoms with Gasteiger partial charge in [-0.3, -0.25) is 0 Å². The summed E-state index contributed by atoms with van der Waals surface area (Å²) in [7, 11) is 1.78. The van der Waals surface area contributed by atoms with Crippen LogP contribution in [0.25, 0.3) is 5.69 Å². The summed E-state index contributed by atoms with van der Waals surface area (Å²) in [4.78, 5) is 19.1. The topological polar surface area (TPSA) is 131 Å². The number of nitrogens with zero attached hydrogens (tertiary/aromatic N) is 8. The van der Waals surface area contributed by atoms with Crippen molar-refractivity contribution in [3.8, 4) is 11.4 Å². The molecule has 3 unspecified atom stereocenters. The van der Waals surface area contributed by atoms with Crippen LogP contribution in [0.4, 0.5) is 11.4 Å². The van der Waals surface area contributed by atoms with Crippen LogP contribution in [0.5, 0.6) is 5.75 Å². The molecular formula is C35H43N9O4. The Morgan fingerprint density at radius 2 is 1.42 bits per heavy atom. The third kappa shape index (κ3) is 7.93. The summed E-state index contributed by atoms with van der Waals surface area (Å²) in [6.07, 6.45) is 4.41. The molecule has 0 amide bonds. The first-order valence-electron chi connectivity index (χ1n) is 16.2. The first-order valence-corrected chi connectivity index (χ1v) is 16.2. The quantitative estimate of drug-likeness (QED) is 0.252. The molecule has 2 aliphatic heterocycles. The molecule has 252 valence electrons. The van der Waals surface area contributed by atoms with Crippen LogP contribution < -0.4 is 26.0 Å². The minimum atomic E-state index is -0.331. The average molecular weight is 654 g/mol. The standard InChI is InChI=1S/C32H38N6O4.C3H5N3/c1-23(33)24(2)38-32(39)37(22-34-38)28-10-8-26(9-11-28)35-16-18-36(19-17-35)27-12-14-29(15-13-27)40-20-30-21-41-31(42-30)25-6-4-3-5-7-25;1-6-4-2-3-5-6/h3-15,22-24,30-31H,16-21,33H2,1-2H3;2-3H,1H3/t23?,24?,30-,31?;/m1./s1. The van der Waals surface area contributed by atoms with Gasteiger partial charge in [0.25, 0.3) is 0 Å². The van der Waals surface area contributed by atoms with E-state index < -0.39 is 0 Å². The molecule has 13 heteroatoms. The van der Waals surface area contributed by atoms with Gasteiger partial charge >= 0.3 is 5.69 Å². The van der Waals surface area contributed by atoms with Crippen molar-refractivity contribution in [1.82, 2.24) is 29.3 Å². The van der Waals surface area contributed by atoms with Gasteiger partial charge in [0.05, 0.1) is 30.7 Å². The number of piperazine rings is 1. The largest absolute Gasteiger partial charge is 0.491 e. The maximum atomic E-state index is 12.8. The summed E-state index contributed by atoms with van der Waals surface area (Å²) in [5.74, 6) is 0.820. The molecule has 13 nitrogen and oxygen atoms in total. The fraction of sp³-hybridized carbons (Fsp3) is 0.371. The SMILES string of the molecule is CC(N)C(C)n1ncn(-c2ccc(N3CCN(c4ccc(OC[C@@H]5COC(c6ccccc6)O5)cc4)CC3)cc2)c1=O.Cn1nccn1. The highest BCUT2D eigenvalue weighted by atomic mass is 16.7. The van der Waals surface area contributed by atoms with Crippen molar-refractivity contribution in [3.63, 3.8) is 0 Å². The first kappa shape index (κ1) is 32.9. The second kappa shape index (κ2) is 15.3. The highest BCUT2D eigenvalue weighted by molar-refractivity contribution is 5.54. The molecule has 2 aliphatic rings. The smallest absolute Gasteiger partial charge is 0.350 e. The molecule has 0 aliphatic carbocycles. The number of benzene rings is 3. The molecular weight excluding hydrogens is 610 g/mol. The van der Waals surface area contributed by atoms with E-state index in [9.17, 15) is 4.79 Å². The van der Waals surface area contributed by atoms with Gasteiger partial charge in [0, 0.05) is 56.2 Å². The van der Waals surface area contributed by atoms with Gasteiger partial charge in [-0.05, 0) is 62.4 Å². The molecule has 3 aromatic carbocycles. The lowest BCUT2D eigenvalue weighted by atomic mass is 10.2. The van der Waals surface area contributed by atoms with Crippen molar-refractivity contribution in [1.29, 1.82) is 0 Å². The average Bonchev–Trinajstić information content (AvgIpc) is 3.90. The van der Waals surface area contributed by atoms with Crippen molar-refractivity contribution in [3.05, 3.63) is 114 Å². The number of aromatic nitrogens is 6. The predicted octanol–water partition coefficient (Wildman–Crippen LogP) is 3.58. The number of nitrogens with two attached hydrogens (primary N) is 1. The van der Waals surface area contributed by atoms with Gasteiger partial charge in [-0.2, -0.15) is 20.1 Å². The monoisotopic (exact) mass is 653 g/mol. The minimum absolute atomic E-state index is 0.0978. The van der Waals surface area contributed by atoms with E-state index in [-0.39, 0.29) is 30.2 Å². The highest BCUT2D eigenvalue weighted by Crippen LogP contribution is 2.28. The summed E-state index contributed by atoms with van der Waals surface area (Å²) in [6, 6.07) is 26.0. The lowest BCUT2D eigenvalue weighted by Gasteiger charge is -2.37. The van der Waals surface area contributed by atoms with Gasteiger partial charge in [0.1, 0.15) is 24.8 Å². The van der Waals surface area contributed by atoms with Crippen molar-refractivity contribution in [2.75, 3.05) is 49.2 Å². The molecule has 0 bridgehead atoms. The molecule has 2 aromatic heterocycles. The van der Waals surface area contributed by atoms with E-state index in [1.165, 1.54) is 15.2 Å². The predicted molar refractivity (Wildman–Crippen MR) is 184 cm³/mol. The fourth-order valence-electron chi connectivity index (χ4n) is 5.59. The molecule has 2 saturated heterocycles.